The smallest absolute Gasteiger partial charge is 0.371 e. The highest BCUT2D eigenvalue weighted by Gasteiger charge is 2.23. The number of carbonyl (C=O) groups is 2. The van der Waals surface area contributed by atoms with Crippen molar-refractivity contribution in [1.29, 1.82) is 0 Å². The summed E-state index contributed by atoms with van der Waals surface area (Å²) in [7, 11) is 0. The van der Waals surface area contributed by atoms with Crippen LogP contribution in [0.5, 0.6) is 0 Å². The maximum atomic E-state index is 12.0. The Hall–Kier alpha value is -1.98. The van der Waals surface area contributed by atoms with Gasteiger partial charge in [0.25, 0.3) is 0 Å². The zero-order valence-corrected chi connectivity index (χ0v) is 10.9. The van der Waals surface area contributed by atoms with Gasteiger partial charge in [0, 0.05) is 12.6 Å². The molecule has 2 amide bonds. The molecule has 1 aliphatic heterocycles. The lowest BCUT2D eigenvalue weighted by molar-refractivity contribution is 0.0660. The number of piperidine rings is 1. The molecule has 1 aromatic rings. The largest absolute Gasteiger partial charge is 0.475 e. The summed E-state index contributed by atoms with van der Waals surface area (Å²) in [5, 5.41) is 11.5. The van der Waals surface area contributed by atoms with Crippen LogP contribution >= 0.6 is 0 Å². The van der Waals surface area contributed by atoms with Gasteiger partial charge in [-0.25, -0.2) is 9.59 Å². The van der Waals surface area contributed by atoms with Crippen LogP contribution in [0.15, 0.2) is 16.5 Å². The molecule has 19 heavy (non-hydrogen) atoms. The maximum absolute atomic E-state index is 12.0. The third-order valence-corrected chi connectivity index (χ3v) is 3.35. The van der Waals surface area contributed by atoms with Crippen molar-refractivity contribution in [3.8, 4) is 0 Å². The highest BCUT2D eigenvalue weighted by molar-refractivity contribution is 5.84. The molecule has 1 aliphatic rings. The monoisotopic (exact) mass is 266 g/mol. The number of likely N-dealkylation sites (tertiary alicyclic amines) is 1. The lowest BCUT2D eigenvalue weighted by atomic mass is 10.0. The fourth-order valence-corrected chi connectivity index (χ4v) is 2.25. The molecule has 0 radical (unpaired) electrons. The van der Waals surface area contributed by atoms with E-state index in [1.807, 2.05) is 11.8 Å². The molecule has 1 aromatic heterocycles. The van der Waals surface area contributed by atoms with E-state index in [0.717, 1.165) is 25.8 Å². The SMILES string of the molecule is CC1CCCCN1C(=O)NCc1ccc(C(=O)O)o1. The molecule has 0 bridgehead atoms. The standard InChI is InChI=1S/C13H18N2O4/c1-9-4-2-3-7-15(9)13(18)14-8-10-5-6-11(19-10)12(16)17/h5-6,9H,2-4,7-8H2,1H3,(H,14,18)(H,16,17). The predicted molar refractivity (Wildman–Crippen MR) is 67.9 cm³/mol. The van der Waals surface area contributed by atoms with Crippen molar-refractivity contribution >= 4 is 12.0 Å². The minimum absolute atomic E-state index is 0.115. The summed E-state index contributed by atoms with van der Waals surface area (Å²) in [6.07, 6.45) is 3.21. The number of carboxylic acid groups (broad SMARTS) is 1. The Balaban J connectivity index is 1.87. The van der Waals surface area contributed by atoms with E-state index in [0.29, 0.717) is 5.76 Å². The van der Waals surface area contributed by atoms with Crippen LogP contribution in [-0.4, -0.2) is 34.6 Å². The van der Waals surface area contributed by atoms with Crippen LogP contribution in [0, 0.1) is 0 Å². The van der Waals surface area contributed by atoms with Crippen LogP contribution in [0.2, 0.25) is 0 Å². The van der Waals surface area contributed by atoms with E-state index in [1.165, 1.54) is 6.07 Å². The van der Waals surface area contributed by atoms with Crippen LogP contribution < -0.4 is 5.32 Å². The number of aromatic carboxylic acids is 1. The number of rotatable bonds is 3. The number of carboxylic acids is 1. The molecule has 0 aliphatic carbocycles. The van der Waals surface area contributed by atoms with Crippen molar-refractivity contribution in [2.75, 3.05) is 6.54 Å². The van der Waals surface area contributed by atoms with Crippen LogP contribution in [0.1, 0.15) is 42.5 Å². The van der Waals surface area contributed by atoms with Gasteiger partial charge < -0.3 is 19.7 Å². The van der Waals surface area contributed by atoms with Gasteiger partial charge in [0.2, 0.25) is 5.76 Å². The normalized spacial score (nSPS) is 19.2. The molecular formula is C13H18N2O4. The fourth-order valence-electron chi connectivity index (χ4n) is 2.25. The summed E-state index contributed by atoms with van der Waals surface area (Å²) in [6.45, 7) is 3.01. The molecule has 2 heterocycles. The molecule has 1 atom stereocenters. The number of hydrogen-bond acceptors (Lipinski definition) is 3. The van der Waals surface area contributed by atoms with Crippen molar-refractivity contribution < 1.29 is 19.1 Å². The van der Waals surface area contributed by atoms with Gasteiger partial charge in [-0.3, -0.25) is 0 Å². The molecule has 0 saturated carbocycles. The van der Waals surface area contributed by atoms with E-state index < -0.39 is 5.97 Å². The van der Waals surface area contributed by atoms with E-state index in [4.69, 9.17) is 9.52 Å². The fraction of sp³-hybridized carbons (Fsp3) is 0.538. The van der Waals surface area contributed by atoms with Gasteiger partial charge in [-0.1, -0.05) is 0 Å². The van der Waals surface area contributed by atoms with E-state index in [2.05, 4.69) is 5.32 Å². The van der Waals surface area contributed by atoms with Gasteiger partial charge in [0.05, 0.1) is 6.54 Å². The van der Waals surface area contributed by atoms with Crippen molar-refractivity contribution in [2.45, 2.75) is 38.8 Å². The van der Waals surface area contributed by atoms with Crippen molar-refractivity contribution in [2.24, 2.45) is 0 Å². The average molecular weight is 266 g/mol. The molecule has 1 fully saturated rings. The molecule has 0 spiro atoms. The average Bonchev–Trinajstić information content (AvgIpc) is 2.85. The molecule has 6 heteroatoms. The number of nitrogens with one attached hydrogen (secondary N) is 1. The molecule has 1 saturated heterocycles. The lowest BCUT2D eigenvalue weighted by Gasteiger charge is -2.33. The van der Waals surface area contributed by atoms with Gasteiger partial charge in [0.1, 0.15) is 5.76 Å². The Morgan fingerprint density at radius 3 is 2.89 bits per heavy atom. The van der Waals surface area contributed by atoms with E-state index in [1.54, 1.807) is 6.07 Å². The molecule has 2 N–H and O–H groups in total. The first-order valence-electron chi connectivity index (χ1n) is 6.44. The number of nitrogens with zero attached hydrogens (tertiary/aromatic N) is 1. The van der Waals surface area contributed by atoms with E-state index in [-0.39, 0.29) is 24.4 Å². The highest BCUT2D eigenvalue weighted by atomic mass is 16.4. The predicted octanol–water partition coefficient (Wildman–Crippen LogP) is 2.06. The Kier molecular flexibility index (Phi) is 4.09. The Morgan fingerprint density at radius 1 is 1.47 bits per heavy atom. The topological polar surface area (TPSA) is 82.8 Å². The zero-order chi connectivity index (χ0) is 13.8. The first-order valence-corrected chi connectivity index (χ1v) is 6.44. The maximum Gasteiger partial charge on any atom is 0.371 e. The summed E-state index contributed by atoms with van der Waals surface area (Å²) >= 11 is 0. The molecule has 6 nitrogen and oxygen atoms in total. The molecule has 1 unspecified atom stereocenters. The second-order valence-electron chi connectivity index (χ2n) is 4.77. The number of amides is 2. The van der Waals surface area contributed by atoms with Crippen LogP contribution in [0.4, 0.5) is 4.79 Å². The number of urea groups is 1. The third kappa shape index (κ3) is 3.27. The summed E-state index contributed by atoms with van der Waals surface area (Å²) in [5.41, 5.74) is 0. The highest BCUT2D eigenvalue weighted by Crippen LogP contribution is 2.16. The second kappa shape index (κ2) is 5.77. The number of furan rings is 1. The van der Waals surface area contributed by atoms with Gasteiger partial charge in [-0.15, -0.1) is 0 Å². The van der Waals surface area contributed by atoms with Crippen molar-refractivity contribution in [3.05, 3.63) is 23.7 Å². The lowest BCUT2D eigenvalue weighted by Crippen LogP contribution is -2.47. The number of carbonyl (C=O) groups excluding carboxylic acids is 1. The summed E-state index contributed by atoms with van der Waals surface area (Å²) < 4.78 is 5.08. The summed E-state index contributed by atoms with van der Waals surface area (Å²) in [6, 6.07) is 3.07. The van der Waals surface area contributed by atoms with E-state index >= 15 is 0 Å². The first-order chi connectivity index (χ1) is 9.08. The van der Waals surface area contributed by atoms with Gasteiger partial charge in [0.15, 0.2) is 0 Å². The molecule has 0 aromatic carbocycles. The Labute approximate surface area is 111 Å². The minimum Gasteiger partial charge on any atom is -0.475 e. The second-order valence-corrected chi connectivity index (χ2v) is 4.77. The van der Waals surface area contributed by atoms with Gasteiger partial charge >= 0.3 is 12.0 Å². The van der Waals surface area contributed by atoms with E-state index in [9.17, 15) is 9.59 Å². The van der Waals surface area contributed by atoms with Crippen LogP contribution in [0.25, 0.3) is 0 Å². The van der Waals surface area contributed by atoms with Crippen molar-refractivity contribution in [3.63, 3.8) is 0 Å². The summed E-state index contributed by atoms with van der Waals surface area (Å²) in [5.74, 6) is -0.784. The van der Waals surface area contributed by atoms with Crippen LogP contribution in [0.3, 0.4) is 0 Å². The quantitative estimate of drug-likeness (QED) is 0.877. The Bertz CT molecular complexity index is 469. The minimum atomic E-state index is -1.11. The first kappa shape index (κ1) is 13.5. The van der Waals surface area contributed by atoms with Gasteiger partial charge in [-0.2, -0.15) is 0 Å². The zero-order valence-electron chi connectivity index (χ0n) is 10.9. The number of hydrogen-bond donors (Lipinski definition) is 2. The third-order valence-electron chi connectivity index (χ3n) is 3.35. The molecule has 2 rings (SSSR count). The van der Waals surface area contributed by atoms with Gasteiger partial charge in [-0.05, 0) is 38.3 Å². The summed E-state index contributed by atoms with van der Waals surface area (Å²) in [4.78, 5) is 24.4. The molecule has 104 valence electrons. The van der Waals surface area contributed by atoms with Crippen LogP contribution in [-0.2, 0) is 6.54 Å². The van der Waals surface area contributed by atoms with Crippen molar-refractivity contribution in [1.82, 2.24) is 10.2 Å². The Morgan fingerprint density at radius 2 is 2.26 bits per heavy atom. The molecular weight excluding hydrogens is 248 g/mol.